The van der Waals surface area contributed by atoms with E-state index < -0.39 is 77.5 Å². The van der Waals surface area contributed by atoms with E-state index in [1.807, 2.05) is 0 Å². The zero-order valence-corrected chi connectivity index (χ0v) is 22.2. The quantitative estimate of drug-likeness (QED) is 0.274. The van der Waals surface area contributed by atoms with Crippen molar-refractivity contribution in [2.75, 3.05) is 11.9 Å². The number of likely N-dealkylation sites (tertiary alicyclic amines) is 1. The number of aryl methyl sites for hydroxylation is 1. The zero-order valence-electron chi connectivity index (χ0n) is 22.2. The standard InChI is InChI=1S/C29H26F4N4O4/c1-15-3-5-16(6-4-15)29(13-22(30)34-32,14-23(31)35-33)17-7-9-18(10-8-17)37-24(38)12-19-20-11-21(25(19)28(37)41)27(40)36(2)26(20)39/h3-10,19-21,25H,11-14H2,1-2H3. The maximum atomic E-state index is 14.4. The first-order chi connectivity index (χ1) is 19.5. The third kappa shape index (κ3) is 4.64. The maximum Gasteiger partial charge on any atom is 0.237 e. The Morgan fingerprint density at radius 3 is 1.88 bits per heavy atom. The van der Waals surface area contributed by atoms with Crippen LogP contribution >= 0.6 is 0 Å². The number of hydrogen-bond acceptors (Lipinski definition) is 6. The highest BCUT2D eigenvalue weighted by Gasteiger charge is 2.61. The van der Waals surface area contributed by atoms with Gasteiger partial charge in [-0.1, -0.05) is 61.4 Å². The number of imide groups is 2. The number of piperidine rings is 2. The Morgan fingerprint density at radius 2 is 1.34 bits per heavy atom. The van der Waals surface area contributed by atoms with Crippen LogP contribution in [0.1, 0.15) is 42.4 Å². The molecule has 2 bridgehead atoms. The number of fused-ring (bicyclic) bond motifs is 5. The monoisotopic (exact) mass is 570 g/mol. The van der Waals surface area contributed by atoms with E-state index in [1.54, 1.807) is 31.2 Å². The van der Waals surface area contributed by atoms with Crippen LogP contribution in [0, 0.1) is 30.6 Å². The third-order valence-electron chi connectivity index (χ3n) is 8.74. The number of rotatable bonds is 7. The van der Waals surface area contributed by atoms with Gasteiger partial charge in [0.2, 0.25) is 35.6 Å². The first-order valence-corrected chi connectivity index (χ1v) is 13.0. The van der Waals surface area contributed by atoms with Gasteiger partial charge in [0.05, 0.1) is 17.5 Å². The second-order valence-corrected chi connectivity index (χ2v) is 10.9. The highest BCUT2D eigenvalue weighted by Crippen LogP contribution is 2.51. The van der Waals surface area contributed by atoms with Crippen molar-refractivity contribution < 1.29 is 36.9 Å². The number of benzene rings is 2. The van der Waals surface area contributed by atoms with Crippen molar-refractivity contribution in [1.82, 2.24) is 4.90 Å². The minimum absolute atomic E-state index is 0.101. The number of carbonyl (C=O) groups excluding carboxylic acids is 4. The summed E-state index contributed by atoms with van der Waals surface area (Å²) in [5.74, 6) is -7.60. The lowest BCUT2D eigenvalue weighted by atomic mass is 9.69. The highest BCUT2D eigenvalue weighted by atomic mass is 19.2. The van der Waals surface area contributed by atoms with Crippen molar-refractivity contribution >= 4 is 41.2 Å². The average Bonchev–Trinajstić information content (AvgIpc) is 3.32. The van der Waals surface area contributed by atoms with E-state index in [0.29, 0.717) is 5.56 Å². The lowest BCUT2D eigenvalue weighted by Crippen LogP contribution is -2.50. The summed E-state index contributed by atoms with van der Waals surface area (Å²) in [6.07, 6.45) is -1.43. The van der Waals surface area contributed by atoms with Crippen LogP contribution in [0.5, 0.6) is 0 Å². The molecule has 3 aliphatic rings. The van der Waals surface area contributed by atoms with Gasteiger partial charge < -0.3 is 0 Å². The molecule has 41 heavy (non-hydrogen) atoms. The highest BCUT2D eigenvalue weighted by molar-refractivity contribution is 6.19. The van der Waals surface area contributed by atoms with Gasteiger partial charge in [-0.25, -0.2) is 0 Å². The van der Waals surface area contributed by atoms with E-state index in [9.17, 15) is 36.9 Å². The molecule has 8 nitrogen and oxygen atoms in total. The molecule has 3 fully saturated rings. The Balaban J connectivity index is 1.54. The number of amides is 4. The van der Waals surface area contributed by atoms with Crippen LogP contribution in [0.3, 0.4) is 0 Å². The van der Waals surface area contributed by atoms with Crippen LogP contribution in [0.15, 0.2) is 59.0 Å². The summed E-state index contributed by atoms with van der Waals surface area (Å²) in [5.41, 5.74) is -0.163. The summed E-state index contributed by atoms with van der Waals surface area (Å²) in [7, 11) is 1.37. The minimum Gasteiger partial charge on any atom is -0.285 e. The summed E-state index contributed by atoms with van der Waals surface area (Å²) in [4.78, 5) is 54.2. The fourth-order valence-corrected chi connectivity index (χ4v) is 6.75. The van der Waals surface area contributed by atoms with Crippen LogP contribution in [-0.4, -0.2) is 47.5 Å². The number of halogens is 4. The molecule has 0 radical (unpaired) electrons. The van der Waals surface area contributed by atoms with E-state index in [0.717, 1.165) is 15.4 Å². The molecule has 2 aromatic rings. The molecule has 2 heterocycles. The van der Waals surface area contributed by atoms with Gasteiger partial charge in [0.1, 0.15) is 0 Å². The Kier molecular flexibility index (Phi) is 7.35. The molecule has 4 atom stereocenters. The Hall–Kier alpha value is -4.22. The van der Waals surface area contributed by atoms with Crippen molar-refractivity contribution in [3.8, 4) is 0 Å². The number of carbonyl (C=O) groups is 4. The lowest BCUT2D eigenvalue weighted by molar-refractivity contribution is -0.152. The first kappa shape index (κ1) is 28.3. The predicted octanol–water partition coefficient (Wildman–Crippen LogP) is 4.70. The Bertz CT molecular complexity index is 1450. The number of nitrogens with zero attached hydrogens (tertiary/aromatic N) is 4. The molecule has 0 N–H and O–H groups in total. The van der Waals surface area contributed by atoms with E-state index in [-0.39, 0.29) is 24.1 Å². The third-order valence-corrected chi connectivity index (χ3v) is 8.74. The second-order valence-electron chi connectivity index (χ2n) is 10.9. The molecule has 0 spiro atoms. The van der Waals surface area contributed by atoms with Crippen LogP contribution in [0.2, 0.25) is 0 Å². The van der Waals surface area contributed by atoms with Crippen molar-refractivity contribution in [1.29, 1.82) is 0 Å². The van der Waals surface area contributed by atoms with Gasteiger partial charge in [-0.2, -0.15) is 8.78 Å². The summed E-state index contributed by atoms with van der Waals surface area (Å²) < 4.78 is 54.8. The topological polar surface area (TPSA) is 99.5 Å². The van der Waals surface area contributed by atoms with Crippen molar-refractivity contribution in [2.45, 2.75) is 38.0 Å². The van der Waals surface area contributed by atoms with E-state index in [4.69, 9.17) is 0 Å². The van der Waals surface area contributed by atoms with Gasteiger partial charge in [-0.05, 0) is 42.5 Å². The van der Waals surface area contributed by atoms with Crippen LogP contribution in [0.4, 0.5) is 23.4 Å². The fraction of sp³-hybridized carbons (Fsp3) is 0.379. The molecule has 5 rings (SSSR count). The predicted molar refractivity (Wildman–Crippen MR) is 140 cm³/mol. The molecular formula is C29H26F4N4O4. The molecule has 0 aromatic heterocycles. The molecule has 2 aliphatic heterocycles. The maximum absolute atomic E-state index is 14.4. The van der Waals surface area contributed by atoms with Crippen molar-refractivity contribution in [2.24, 2.45) is 34.1 Å². The smallest absolute Gasteiger partial charge is 0.237 e. The Morgan fingerprint density at radius 1 is 0.829 bits per heavy atom. The number of hydrogen-bond donors (Lipinski definition) is 0. The molecule has 214 valence electrons. The average molecular weight is 571 g/mol. The summed E-state index contributed by atoms with van der Waals surface area (Å²) >= 11 is 0. The van der Waals surface area contributed by atoms with Gasteiger partial charge >= 0.3 is 0 Å². The minimum atomic E-state index is -1.69. The summed E-state index contributed by atoms with van der Waals surface area (Å²) in [6.45, 7) is 1.80. The molecule has 4 unspecified atom stereocenters. The second kappa shape index (κ2) is 10.6. The largest absolute Gasteiger partial charge is 0.285 e. The number of anilines is 1. The molecule has 2 aromatic carbocycles. The molecule has 4 amide bonds. The van der Waals surface area contributed by atoms with Gasteiger partial charge in [-0.3, -0.25) is 29.0 Å². The lowest BCUT2D eigenvalue weighted by Gasteiger charge is -2.36. The van der Waals surface area contributed by atoms with Crippen LogP contribution in [-0.2, 0) is 24.6 Å². The van der Waals surface area contributed by atoms with E-state index >= 15 is 0 Å². The first-order valence-electron chi connectivity index (χ1n) is 13.0. The van der Waals surface area contributed by atoms with Crippen molar-refractivity contribution in [3.05, 3.63) is 65.2 Å². The van der Waals surface area contributed by atoms with Crippen molar-refractivity contribution in [3.63, 3.8) is 0 Å². The van der Waals surface area contributed by atoms with E-state index in [1.165, 1.54) is 31.3 Å². The molecule has 1 saturated carbocycles. The SMILES string of the molecule is Cc1ccc(C(CC(F)=NF)(CC(F)=NF)c2ccc(N3C(=O)CC4C5CC(C(=O)N(C)C5=O)C4C3=O)cc2)cc1. The van der Waals surface area contributed by atoms with Gasteiger partial charge in [-0.15, -0.1) is 0 Å². The molecule has 1 aliphatic carbocycles. The van der Waals surface area contributed by atoms with E-state index in [2.05, 4.69) is 10.4 Å². The van der Waals surface area contributed by atoms with Gasteiger partial charge in [0, 0.05) is 37.6 Å². The van der Waals surface area contributed by atoms with Gasteiger partial charge in [0.15, 0.2) is 0 Å². The summed E-state index contributed by atoms with van der Waals surface area (Å²) in [6, 6.07) is 12.1. The van der Waals surface area contributed by atoms with Crippen LogP contribution < -0.4 is 4.90 Å². The molecule has 2 saturated heterocycles. The zero-order chi connectivity index (χ0) is 29.6. The fourth-order valence-electron chi connectivity index (χ4n) is 6.75. The molecule has 12 heteroatoms. The normalized spacial score (nSPS) is 26.4. The Labute approximate surface area is 232 Å². The summed E-state index contributed by atoms with van der Waals surface area (Å²) in [5, 5.41) is 4.20. The molecular weight excluding hydrogens is 544 g/mol. The van der Waals surface area contributed by atoms with Gasteiger partial charge in [0.25, 0.3) is 0 Å². The van der Waals surface area contributed by atoms with Crippen LogP contribution in [0.25, 0.3) is 0 Å².